The molecule has 0 aliphatic carbocycles. The zero-order valence-electron chi connectivity index (χ0n) is 16.1. The maximum Gasteiger partial charge on any atom is 0.307 e. The van der Waals surface area contributed by atoms with Crippen LogP contribution in [0.5, 0.6) is 11.5 Å². The van der Waals surface area contributed by atoms with E-state index in [0.717, 1.165) is 42.9 Å². The summed E-state index contributed by atoms with van der Waals surface area (Å²) in [5.41, 5.74) is 0.908. The zero-order valence-corrected chi connectivity index (χ0v) is 16.1. The molecule has 0 aromatic heterocycles. The lowest BCUT2D eigenvalue weighted by molar-refractivity contribution is -0.143. The number of esters is 1. The van der Waals surface area contributed by atoms with E-state index < -0.39 is 0 Å². The molecule has 1 rings (SSSR count). The van der Waals surface area contributed by atoms with E-state index in [2.05, 4.69) is 19.2 Å². The van der Waals surface area contributed by atoms with Crippen LogP contribution in [0.25, 0.3) is 0 Å². The van der Waals surface area contributed by atoms with Gasteiger partial charge in [-0.05, 0) is 38.8 Å². The van der Waals surface area contributed by atoms with Crippen molar-refractivity contribution in [3.63, 3.8) is 0 Å². The molecular weight excluding hydrogens is 318 g/mol. The molecule has 0 fully saturated rings. The Labute approximate surface area is 152 Å². The van der Waals surface area contributed by atoms with Crippen molar-refractivity contribution >= 4 is 11.7 Å². The number of rotatable bonds is 13. The first-order valence-electron chi connectivity index (χ1n) is 9.42. The molecule has 1 unspecified atom stereocenters. The molecule has 0 spiro atoms. The van der Waals surface area contributed by atoms with Gasteiger partial charge >= 0.3 is 5.97 Å². The minimum atomic E-state index is -0.193. The first-order valence-corrected chi connectivity index (χ1v) is 9.42. The average Bonchev–Trinajstić information content (AvgIpc) is 2.57. The van der Waals surface area contributed by atoms with E-state index in [1.807, 2.05) is 32.0 Å². The molecule has 1 aromatic carbocycles. The van der Waals surface area contributed by atoms with Gasteiger partial charge in [-0.2, -0.15) is 0 Å². The number of carbonyl (C=O) groups excluding carboxylic acids is 1. The molecule has 0 aliphatic heterocycles. The molecule has 0 aliphatic rings. The lowest BCUT2D eigenvalue weighted by Crippen LogP contribution is -2.21. The summed E-state index contributed by atoms with van der Waals surface area (Å²) in [5.74, 6) is 1.33. The summed E-state index contributed by atoms with van der Waals surface area (Å²) >= 11 is 0. The number of unbranched alkanes of at least 4 members (excludes halogenated alkanes) is 2. The normalized spacial score (nSPS) is 11.7. The van der Waals surface area contributed by atoms with Crippen molar-refractivity contribution in [2.75, 3.05) is 25.1 Å². The average molecular weight is 351 g/mol. The Kier molecular flexibility index (Phi) is 10.5. The molecule has 0 saturated heterocycles. The van der Waals surface area contributed by atoms with Crippen molar-refractivity contribution in [1.82, 2.24) is 0 Å². The second kappa shape index (κ2) is 12.5. The Hall–Kier alpha value is -1.91. The van der Waals surface area contributed by atoms with Gasteiger partial charge in [-0.3, -0.25) is 4.79 Å². The van der Waals surface area contributed by atoms with E-state index in [9.17, 15) is 4.79 Å². The van der Waals surface area contributed by atoms with Crippen LogP contribution in [0.1, 0.15) is 59.8 Å². The summed E-state index contributed by atoms with van der Waals surface area (Å²) in [6.07, 6.45) is 4.53. The van der Waals surface area contributed by atoms with Crippen molar-refractivity contribution in [3.05, 3.63) is 18.2 Å². The van der Waals surface area contributed by atoms with Crippen LogP contribution in [0.4, 0.5) is 5.69 Å². The Morgan fingerprint density at radius 3 is 2.28 bits per heavy atom. The van der Waals surface area contributed by atoms with Crippen LogP contribution in [-0.4, -0.2) is 31.8 Å². The van der Waals surface area contributed by atoms with E-state index in [1.165, 1.54) is 0 Å². The number of nitrogens with one attached hydrogen (secondary N) is 1. The summed E-state index contributed by atoms with van der Waals surface area (Å²) in [6, 6.07) is 5.80. The van der Waals surface area contributed by atoms with Crippen LogP contribution in [0.15, 0.2) is 18.2 Å². The van der Waals surface area contributed by atoms with Crippen molar-refractivity contribution in [1.29, 1.82) is 0 Å². The molecule has 5 nitrogen and oxygen atoms in total. The van der Waals surface area contributed by atoms with Crippen LogP contribution in [-0.2, 0) is 9.53 Å². The highest BCUT2D eigenvalue weighted by Gasteiger charge is 2.12. The van der Waals surface area contributed by atoms with Crippen LogP contribution in [0, 0.1) is 0 Å². The van der Waals surface area contributed by atoms with Gasteiger partial charge < -0.3 is 19.5 Å². The highest BCUT2D eigenvalue weighted by atomic mass is 16.5. The van der Waals surface area contributed by atoms with Crippen LogP contribution < -0.4 is 14.8 Å². The number of anilines is 1. The molecule has 1 aromatic rings. The lowest BCUT2D eigenvalue weighted by Gasteiger charge is -2.17. The summed E-state index contributed by atoms with van der Waals surface area (Å²) < 4.78 is 16.7. The first kappa shape index (κ1) is 21.1. The third-order valence-corrected chi connectivity index (χ3v) is 3.65. The van der Waals surface area contributed by atoms with Gasteiger partial charge in [0.15, 0.2) is 11.5 Å². The number of ether oxygens (including phenoxy) is 3. The predicted molar refractivity (Wildman–Crippen MR) is 102 cm³/mol. The van der Waals surface area contributed by atoms with Gasteiger partial charge in [0.2, 0.25) is 0 Å². The Balaban J connectivity index is 2.72. The highest BCUT2D eigenvalue weighted by Crippen LogP contribution is 2.31. The fraction of sp³-hybridized carbons (Fsp3) is 0.650. The smallest absolute Gasteiger partial charge is 0.307 e. The summed E-state index contributed by atoms with van der Waals surface area (Å²) in [4.78, 5) is 11.6. The minimum absolute atomic E-state index is 0.0191. The van der Waals surface area contributed by atoms with E-state index in [1.54, 1.807) is 0 Å². The second-order valence-corrected chi connectivity index (χ2v) is 6.12. The predicted octanol–water partition coefficient (Wildman–Crippen LogP) is 4.80. The van der Waals surface area contributed by atoms with Crippen LogP contribution in [0.2, 0.25) is 0 Å². The zero-order chi connectivity index (χ0) is 18.5. The Bertz CT molecular complexity index is 504. The van der Waals surface area contributed by atoms with Gasteiger partial charge in [-0.15, -0.1) is 0 Å². The number of hydrogen-bond acceptors (Lipinski definition) is 5. The van der Waals surface area contributed by atoms with Gasteiger partial charge in [-0.1, -0.05) is 26.7 Å². The molecule has 5 heteroatoms. The highest BCUT2D eigenvalue weighted by molar-refractivity contribution is 5.70. The largest absolute Gasteiger partial charge is 0.490 e. The lowest BCUT2D eigenvalue weighted by atomic mass is 10.2. The molecular formula is C20H33NO4. The van der Waals surface area contributed by atoms with Crippen LogP contribution in [0.3, 0.4) is 0 Å². The summed E-state index contributed by atoms with van der Waals surface area (Å²) in [6.45, 7) is 9.81. The Morgan fingerprint density at radius 1 is 1.04 bits per heavy atom. The molecule has 0 radical (unpaired) electrons. The maximum atomic E-state index is 11.6. The molecule has 1 atom stereocenters. The third-order valence-electron chi connectivity index (χ3n) is 3.65. The van der Waals surface area contributed by atoms with Crippen LogP contribution >= 0.6 is 0 Å². The van der Waals surface area contributed by atoms with Crippen molar-refractivity contribution < 1.29 is 19.0 Å². The molecule has 1 N–H and O–H groups in total. The molecule has 0 heterocycles. The second-order valence-electron chi connectivity index (χ2n) is 6.12. The fourth-order valence-electron chi connectivity index (χ4n) is 2.29. The third kappa shape index (κ3) is 8.66. The fourth-order valence-corrected chi connectivity index (χ4v) is 2.29. The van der Waals surface area contributed by atoms with Gasteiger partial charge in [-0.25, -0.2) is 0 Å². The molecule has 0 bridgehead atoms. The van der Waals surface area contributed by atoms with Gasteiger partial charge in [0, 0.05) is 17.8 Å². The maximum absolute atomic E-state index is 11.6. The van der Waals surface area contributed by atoms with E-state index in [4.69, 9.17) is 14.2 Å². The summed E-state index contributed by atoms with van der Waals surface area (Å²) in [5, 5.41) is 3.32. The van der Waals surface area contributed by atoms with Gasteiger partial charge in [0.1, 0.15) is 0 Å². The first-order chi connectivity index (χ1) is 12.1. The Morgan fingerprint density at radius 2 is 1.68 bits per heavy atom. The van der Waals surface area contributed by atoms with Crippen molar-refractivity contribution in [3.8, 4) is 11.5 Å². The van der Waals surface area contributed by atoms with Crippen molar-refractivity contribution in [2.45, 2.75) is 65.8 Å². The monoisotopic (exact) mass is 351 g/mol. The standard InChI is InChI=1S/C20H33NO4/c1-5-8-12-24-18-11-10-17(15-19(18)25-13-9-6-2)21-16(4)14-20(22)23-7-3/h10-11,15-16,21H,5-9,12-14H2,1-4H3. The topological polar surface area (TPSA) is 56.8 Å². The minimum Gasteiger partial charge on any atom is -0.490 e. The number of carbonyl (C=O) groups is 1. The summed E-state index contributed by atoms with van der Waals surface area (Å²) in [7, 11) is 0. The van der Waals surface area contributed by atoms with Crippen molar-refractivity contribution in [2.24, 2.45) is 0 Å². The van der Waals surface area contributed by atoms with Gasteiger partial charge in [0.05, 0.1) is 26.2 Å². The molecule has 0 amide bonds. The quantitative estimate of drug-likeness (QED) is 0.409. The molecule has 142 valence electrons. The SMILES string of the molecule is CCCCOc1ccc(NC(C)CC(=O)OCC)cc1OCCCC. The number of benzene rings is 1. The van der Waals surface area contributed by atoms with E-state index >= 15 is 0 Å². The van der Waals surface area contributed by atoms with Gasteiger partial charge in [0.25, 0.3) is 0 Å². The van der Waals surface area contributed by atoms with E-state index in [-0.39, 0.29) is 12.0 Å². The molecule has 0 saturated carbocycles. The number of hydrogen-bond donors (Lipinski definition) is 1. The molecule has 25 heavy (non-hydrogen) atoms. The van der Waals surface area contributed by atoms with E-state index in [0.29, 0.717) is 26.2 Å².